The number of hydrogen-bond acceptors (Lipinski definition) is 3. The number of nitrogens with two attached hydrogens (primary N) is 1. The Morgan fingerprint density at radius 1 is 1.47 bits per heavy atom. The molecule has 1 unspecified atom stereocenters. The van der Waals surface area contributed by atoms with E-state index in [0.29, 0.717) is 6.42 Å². The predicted molar refractivity (Wildman–Crippen MR) is 59.1 cm³/mol. The normalized spacial score (nSPS) is 14.3. The highest BCUT2D eigenvalue weighted by Gasteiger charge is 2.10. The molecule has 0 aliphatic carbocycles. The van der Waals surface area contributed by atoms with Crippen molar-refractivity contribution in [1.82, 2.24) is 10.3 Å². The molecule has 1 rings (SSSR count). The maximum Gasteiger partial charge on any atom is 0.222 e. The molecule has 3 N–H and O–H groups in total. The van der Waals surface area contributed by atoms with E-state index in [1.54, 1.807) is 12.4 Å². The summed E-state index contributed by atoms with van der Waals surface area (Å²) in [5.74, 6) is -0.0192. The number of nitrogens with zero attached hydrogens (tertiary/aromatic N) is 1. The van der Waals surface area contributed by atoms with Gasteiger partial charge in [-0.1, -0.05) is 0 Å². The van der Waals surface area contributed by atoms with Crippen molar-refractivity contribution in [2.24, 2.45) is 5.73 Å². The largest absolute Gasteiger partial charge is 0.350 e. The maximum absolute atomic E-state index is 11.4. The summed E-state index contributed by atoms with van der Waals surface area (Å²) < 4.78 is 0. The zero-order valence-electron chi connectivity index (χ0n) is 9.10. The van der Waals surface area contributed by atoms with Crippen LogP contribution in [0.3, 0.4) is 0 Å². The van der Waals surface area contributed by atoms with Gasteiger partial charge in [0, 0.05) is 24.9 Å². The SMILES string of the molecule is CC(N)CC(=O)N[C@H](C)c1ccncc1. The van der Waals surface area contributed by atoms with Gasteiger partial charge in [0.15, 0.2) is 0 Å². The van der Waals surface area contributed by atoms with Gasteiger partial charge in [-0.25, -0.2) is 0 Å². The van der Waals surface area contributed by atoms with Crippen LogP contribution in [0.4, 0.5) is 0 Å². The Hall–Kier alpha value is -1.42. The van der Waals surface area contributed by atoms with E-state index in [4.69, 9.17) is 5.73 Å². The molecule has 82 valence electrons. The second-order valence-electron chi connectivity index (χ2n) is 3.75. The summed E-state index contributed by atoms with van der Waals surface area (Å²) in [5.41, 5.74) is 6.58. The van der Waals surface area contributed by atoms with Crippen molar-refractivity contribution in [2.45, 2.75) is 32.4 Å². The molecule has 0 aromatic carbocycles. The number of amides is 1. The first-order chi connectivity index (χ1) is 7.09. The lowest BCUT2D eigenvalue weighted by molar-refractivity contribution is -0.122. The monoisotopic (exact) mass is 207 g/mol. The van der Waals surface area contributed by atoms with E-state index in [0.717, 1.165) is 5.56 Å². The second-order valence-corrected chi connectivity index (χ2v) is 3.75. The molecule has 15 heavy (non-hydrogen) atoms. The summed E-state index contributed by atoms with van der Waals surface area (Å²) >= 11 is 0. The summed E-state index contributed by atoms with van der Waals surface area (Å²) in [6.07, 6.45) is 3.78. The van der Waals surface area contributed by atoms with E-state index in [1.807, 2.05) is 26.0 Å². The lowest BCUT2D eigenvalue weighted by Crippen LogP contribution is -2.31. The van der Waals surface area contributed by atoms with Gasteiger partial charge >= 0.3 is 0 Å². The standard InChI is InChI=1S/C11H17N3O/c1-8(12)7-11(15)14-9(2)10-3-5-13-6-4-10/h3-6,8-9H,7,12H2,1-2H3,(H,14,15)/t8?,9-/m1/s1. The Morgan fingerprint density at radius 3 is 2.60 bits per heavy atom. The number of rotatable bonds is 4. The molecule has 0 saturated heterocycles. The third-order valence-electron chi connectivity index (χ3n) is 2.09. The lowest BCUT2D eigenvalue weighted by Gasteiger charge is -2.14. The number of pyridine rings is 1. The van der Waals surface area contributed by atoms with Crippen molar-refractivity contribution < 1.29 is 4.79 Å². The Kier molecular flexibility index (Phi) is 4.24. The van der Waals surface area contributed by atoms with Gasteiger partial charge in [-0.3, -0.25) is 9.78 Å². The highest BCUT2D eigenvalue weighted by Crippen LogP contribution is 2.10. The molecule has 0 bridgehead atoms. The summed E-state index contributed by atoms with van der Waals surface area (Å²) in [6.45, 7) is 3.76. The molecule has 0 radical (unpaired) electrons. The molecule has 4 nitrogen and oxygen atoms in total. The smallest absolute Gasteiger partial charge is 0.222 e. The Morgan fingerprint density at radius 2 is 2.07 bits per heavy atom. The van der Waals surface area contributed by atoms with Crippen molar-refractivity contribution >= 4 is 5.91 Å². The van der Waals surface area contributed by atoms with Crippen LogP contribution < -0.4 is 11.1 Å². The number of hydrogen-bond donors (Lipinski definition) is 2. The van der Waals surface area contributed by atoms with Crippen molar-refractivity contribution in [1.29, 1.82) is 0 Å². The van der Waals surface area contributed by atoms with Crippen LogP contribution in [0, 0.1) is 0 Å². The first-order valence-electron chi connectivity index (χ1n) is 5.04. The van der Waals surface area contributed by atoms with Crippen molar-refractivity contribution in [2.75, 3.05) is 0 Å². The third-order valence-corrected chi connectivity index (χ3v) is 2.09. The van der Waals surface area contributed by atoms with Gasteiger partial charge in [0.2, 0.25) is 5.91 Å². The number of carbonyl (C=O) groups excluding carboxylic acids is 1. The average molecular weight is 207 g/mol. The van der Waals surface area contributed by atoms with Crippen LogP contribution in [0.15, 0.2) is 24.5 Å². The molecule has 1 heterocycles. The van der Waals surface area contributed by atoms with Crippen LogP contribution in [-0.2, 0) is 4.79 Å². The van der Waals surface area contributed by atoms with Gasteiger partial charge in [-0.2, -0.15) is 0 Å². The minimum Gasteiger partial charge on any atom is -0.350 e. The van der Waals surface area contributed by atoms with E-state index in [1.165, 1.54) is 0 Å². The van der Waals surface area contributed by atoms with E-state index in [2.05, 4.69) is 10.3 Å². The zero-order chi connectivity index (χ0) is 11.3. The summed E-state index contributed by atoms with van der Waals surface area (Å²) in [6, 6.07) is 3.67. The molecular formula is C11H17N3O. The van der Waals surface area contributed by atoms with Crippen LogP contribution in [0.1, 0.15) is 31.9 Å². The molecule has 0 fully saturated rings. The Bertz CT molecular complexity index is 311. The van der Waals surface area contributed by atoms with Gasteiger partial charge in [-0.05, 0) is 31.5 Å². The maximum atomic E-state index is 11.4. The predicted octanol–water partition coefficient (Wildman–Crippen LogP) is 0.996. The molecule has 0 aliphatic heterocycles. The van der Waals surface area contributed by atoms with Crippen molar-refractivity contribution in [3.8, 4) is 0 Å². The van der Waals surface area contributed by atoms with E-state index in [-0.39, 0.29) is 18.0 Å². The minimum atomic E-state index is -0.102. The average Bonchev–Trinajstić information content (AvgIpc) is 2.17. The summed E-state index contributed by atoms with van der Waals surface area (Å²) in [7, 11) is 0. The van der Waals surface area contributed by atoms with Gasteiger partial charge in [0.05, 0.1) is 6.04 Å². The fourth-order valence-corrected chi connectivity index (χ4v) is 1.33. The Balaban J connectivity index is 2.49. The van der Waals surface area contributed by atoms with Crippen LogP contribution in [0.25, 0.3) is 0 Å². The van der Waals surface area contributed by atoms with Gasteiger partial charge in [-0.15, -0.1) is 0 Å². The highest BCUT2D eigenvalue weighted by atomic mass is 16.1. The first-order valence-corrected chi connectivity index (χ1v) is 5.04. The zero-order valence-corrected chi connectivity index (χ0v) is 9.10. The van der Waals surface area contributed by atoms with Crippen LogP contribution in [0.2, 0.25) is 0 Å². The van der Waals surface area contributed by atoms with Gasteiger partial charge in [0.25, 0.3) is 0 Å². The van der Waals surface area contributed by atoms with Crippen molar-refractivity contribution in [3.05, 3.63) is 30.1 Å². The summed E-state index contributed by atoms with van der Waals surface area (Å²) in [5, 5.41) is 2.88. The molecule has 2 atom stereocenters. The number of carbonyl (C=O) groups is 1. The third kappa shape index (κ3) is 4.08. The van der Waals surface area contributed by atoms with E-state index < -0.39 is 0 Å². The van der Waals surface area contributed by atoms with Crippen molar-refractivity contribution in [3.63, 3.8) is 0 Å². The molecule has 4 heteroatoms. The second kappa shape index (κ2) is 5.46. The highest BCUT2D eigenvalue weighted by molar-refractivity contribution is 5.76. The molecule has 0 spiro atoms. The lowest BCUT2D eigenvalue weighted by atomic mass is 10.1. The quantitative estimate of drug-likeness (QED) is 0.773. The molecule has 1 aromatic heterocycles. The number of nitrogens with one attached hydrogen (secondary N) is 1. The Labute approximate surface area is 89.9 Å². The van der Waals surface area contributed by atoms with Crippen LogP contribution in [-0.4, -0.2) is 16.9 Å². The van der Waals surface area contributed by atoms with Crippen LogP contribution >= 0.6 is 0 Å². The first kappa shape index (κ1) is 11.7. The molecule has 0 saturated carbocycles. The van der Waals surface area contributed by atoms with E-state index in [9.17, 15) is 4.79 Å². The molecule has 1 amide bonds. The fraction of sp³-hybridized carbons (Fsp3) is 0.455. The molecular weight excluding hydrogens is 190 g/mol. The molecule has 1 aromatic rings. The topological polar surface area (TPSA) is 68.0 Å². The molecule has 0 aliphatic rings. The van der Waals surface area contributed by atoms with Crippen LogP contribution in [0.5, 0.6) is 0 Å². The number of aromatic nitrogens is 1. The summed E-state index contributed by atoms with van der Waals surface area (Å²) in [4.78, 5) is 15.4. The fourth-order valence-electron chi connectivity index (χ4n) is 1.33. The van der Waals surface area contributed by atoms with E-state index >= 15 is 0 Å². The minimum absolute atomic E-state index is 0.000694. The van der Waals surface area contributed by atoms with Gasteiger partial charge in [0.1, 0.15) is 0 Å². The van der Waals surface area contributed by atoms with Gasteiger partial charge < -0.3 is 11.1 Å².